The number of aromatic nitrogens is 3. The molecule has 2 aliphatic rings. The Bertz CT molecular complexity index is 935. The molecule has 0 spiro atoms. The molecule has 6 heteroatoms. The van der Waals surface area contributed by atoms with Crippen LogP contribution >= 0.6 is 0 Å². The number of pyridine rings is 1. The summed E-state index contributed by atoms with van der Waals surface area (Å²) >= 11 is 0. The molecule has 2 fully saturated rings. The van der Waals surface area contributed by atoms with Crippen molar-refractivity contribution in [1.29, 1.82) is 0 Å². The van der Waals surface area contributed by atoms with Crippen molar-refractivity contribution in [2.45, 2.75) is 24.9 Å². The molecule has 5 rings (SSSR count). The highest BCUT2D eigenvalue weighted by Crippen LogP contribution is 2.31. The Labute approximate surface area is 158 Å². The zero-order chi connectivity index (χ0) is 18.1. The SMILES string of the molecule is c1ccc2nc(N3CC(Oc4nccnc4C4CCNCC4)C3)ccc2c1. The van der Waals surface area contributed by atoms with Crippen LogP contribution in [0.1, 0.15) is 24.5 Å². The van der Waals surface area contributed by atoms with Crippen LogP contribution < -0.4 is 15.0 Å². The fraction of sp³-hybridized carbons (Fsp3) is 0.381. The number of benzene rings is 1. The van der Waals surface area contributed by atoms with E-state index in [1.54, 1.807) is 12.4 Å². The van der Waals surface area contributed by atoms with E-state index in [0.717, 1.165) is 56.0 Å². The maximum Gasteiger partial charge on any atom is 0.236 e. The first-order valence-corrected chi connectivity index (χ1v) is 9.66. The lowest BCUT2D eigenvalue weighted by Crippen LogP contribution is -2.54. The summed E-state index contributed by atoms with van der Waals surface area (Å²) in [5, 5.41) is 4.57. The van der Waals surface area contributed by atoms with Gasteiger partial charge in [0.1, 0.15) is 17.6 Å². The number of hydrogen-bond acceptors (Lipinski definition) is 6. The van der Waals surface area contributed by atoms with Gasteiger partial charge in [-0.15, -0.1) is 0 Å². The first-order valence-electron chi connectivity index (χ1n) is 9.66. The average Bonchev–Trinajstić information content (AvgIpc) is 2.71. The van der Waals surface area contributed by atoms with Crippen molar-refractivity contribution in [3.63, 3.8) is 0 Å². The van der Waals surface area contributed by atoms with E-state index in [9.17, 15) is 0 Å². The number of fused-ring (bicyclic) bond motifs is 1. The van der Waals surface area contributed by atoms with Crippen LogP contribution in [0.2, 0.25) is 0 Å². The topological polar surface area (TPSA) is 63.2 Å². The molecule has 0 saturated carbocycles. The van der Waals surface area contributed by atoms with Gasteiger partial charge in [-0.25, -0.2) is 9.97 Å². The van der Waals surface area contributed by atoms with Gasteiger partial charge in [0.2, 0.25) is 5.88 Å². The van der Waals surface area contributed by atoms with E-state index in [1.165, 1.54) is 5.39 Å². The molecule has 0 amide bonds. The van der Waals surface area contributed by atoms with E-state index in [0.29, 0.717) is 11.8 Å². The summed E-state index contributed by atoms with van der Waals surface area (Å²) in [5.74, 6) is 2.15. The first-order chi connectivity index (χ1) is 13.4. The number of nitrogens with zero attached hydrogens (tertiary/aromatic N) is 4. The van der Waals surface area contributed by atoms with Gasteiger partial charge in [0.05, 0.1) is 18.6 Å². The molecule has 1 aromatic carbocycles. The van der Waals surface area contributed by atoms with E-state index in [1.807, 2.05) is 12.1 Å². The van der Waals surface area contributed by atoms with Crippen LogP contribution in [-0.4, -0.2) is 47.2 Å². The summed E-state index contributed by atoms with van der Waals surface area (Å²) in [5.41, 5.74) is 2.04. The van der Waals surface area contributed by atoms with Crippen LogP contribution in [0.5, 0.6) is 5.88 Å². The van der Waals surface area contributed by atoms with Gasteiger partial charge < -0.3 is 15.0 Å². The molecule has 2 aliphatic heterocycles. The van der Waals surface area contributed by atoms with Crippen LogP contribution in [0, 0.1) is 0 Å². The van der Waals surface area contributed by atoms with Crippen molar-refractivity contribution in [3.05, 3.63) is 54.5 Å². The zero-order valence-electron chi connectivity index (χ0n) is 15.2. The molecule has 2 aromatic heterocycles. The number of para-hydroxylation sites is 1. The van der Waals surface area contributed by atoms with Gasteiger partial charge in [0.25, 0.3) is 0 Å². The summed E-state index contributed by atoms with van der Waals surface area (Å²) in [6.07, 6.45) is 5.81. The molecule has 0 atom stereocenters. The van der Waals surface area contributed by atoms with Crippen LogP contribution in [0.3, 0.4) is 0 Å². The van der Waals surface area contributed by atoms with Gasteiger partial charge in [0.15, 0.2) is 0 Å². The molecule has 0 radical (unpaired) electrons. The third kappa shape index (κ3) is 3.32. The highest BCUT2D eigenvalue weighted by Gasteiger charge is 2.31. The monoisotopic (exact) mass is 361 g/mol. The second-order valence-corrected chi connectivity index (χ2v) is 7.28. The Morgan fingerprint density at radius 1 is 0.963 bits per heavy atom. The minimum absolute atomic E-state index is 0.135. The number of nitrogens with one attached hydrogen (secondary N) is 1. The van der Waals surface area contributed by atoms with Crippen LogP contribution in [0.25, 0.3) is 10.9 Å². The van der Waals surface area contributed by atoms with E-state index in [4.69, 9.17) is 9.72 Å². The van der Waals surface area contributed by atoms with Crippen LogP contribution in [-0.2, 0) is 0 Å². The number of anilines is 1. The lowest BCUT2D eigenvalue weighted by molar-refractivity contribution is 0.156. The van der Waals surface area contributed by atoms with Gasteiger partial charge in [-0.2, -0.15) is 0 Å². The Kier molecular flexibility index (Phi) is 4.33. The Balaban J connectivity index is 1.26. The van der Waals surface area contributed by atoms with Crippen molar-refractivity contribution in [2.24, 2.45) is 0 Å². The molecular weight excluding hydrogens is 338 g/mol. The summed E-state index contributed by atoms with van der Waals surface area (Å²) < 4.78 is 6.21. The van der Waals surface area contributed by atoms with Crippen molar-refractivity contribution >= 4 is 16.7 Å². The Morgan fingerprint density at radius 2 is 1.78 bits per heavy atom. The smallest absolute Gasteiger partial charge is 0.236 e. The Hall–Kier alpha value is -2.73. The molecule has 4 heterocycles. The molecule has 0 aliphatic carbocycles. The van der Waals surface area contributed by atoms with Crippen molar-refractivity contribution in [2.75, 3.05) is 31.1 Å². The molecule has 0 unspecified atom stereocenters. The summed E-state index contributed by atoms with van der Waals surface area (Å²) in [4.78, 5) is 16.1. The molecular formula is C21H23N5O. The molecule has 0 bridgehead atoms. The largest absolute Gasteiger partial charge is 0.469 e. The minimum atomic E-state index is 0.135. The van der Waals surface area contributed by atoms with Crippen LogP contribution in [0.4, 0.5) is 5.82 Å². The van der Waals surface area contributed by atoms with Crippen molar-refractivity contribution in [1.82, 2.24) is 20.3 Å². The second kappa shape index (κ2) is 7.12. The average molecular weight is 361 g/mol. The quantitative estimate of drug-likeness (QED) is 0.771. The summed E-state index contributed by atoms with van der Waals surface area (Å²) in [6.45, 7) is 3.72. The van der Waals surface area contributed by atoms with E-state index >= 15 is 0 Å². The fourth-order valence-electron chi connectivity index (χ4n) is 3.89. The zero-order valence-corrected chi connectivity index (χ0v) is 15.2. The lowest BCUT2D eigenvalue weighted by Gasteiger charge is -2.40. The first kappa shape index (κ1) is 16.4. The van der Waals surface area contributed by atoms with Gasteiger partial charge in [0, 0.05) is 23.7 Å². The molecule has 3 aromatic rings. The molecule has 6 nitrogen and oxygen atoms in total. The standard InChI is InChI=1S/C21H23N5O/c1-2-4-18-15(3-1)5-6-19(25-18)26-13-17(14-26)27-21-20(23-11-12-24-21)16-7-9-22-10-8-16/h1-6,11-12,16-17,22H,7-10,13-14H2. The van der Waals surface area contributed by atoms with E-state index < -0.39 is 0 Å². The molecule has 138 valence electrons. The van der Waals surface area contributed by atoms with Gasteiger partial charge in [-0.3, -0.25) is 4.98 Å². The van der Waals surface area contributed by atoms with Crippen molar-refractivity contribution < 1.29 is 4.74 Å². The number of piperidine rings is 1. The van der Waals surface area contributed by atoms with E-state index in [2.05, 4.69) is 44.5 Å². The predicted molar refractivity (Wildman–Crippen MR) is 105 cm³/mol. The van der Waals surface area contributed by atoms with E-state index in [-0.39, 0.29) is 6.10 Å². The summed E-state index contributed by atoms with van der Waals surface area (Å²) in [6, 6.07) is 12.4. The normalized spacial score (nSPS) is 18.4. The lowest BCUT2D eigenvalue weighted by atomic mass is 9.94. The van der Waals surface area contributed by atoms with Crippen molar-refractivity contribution in [3.8, 4) is 5.88 Å². The van der Waals surface area contributed by atoms with Gasteiger partial charge >= 0.3 is 0 Å². The maximum atomic E-state index is 6.21. The second-order valence-electron chi connectivity index (χ2n) is 7.28. The molecule has 1 N–H and O–H groups in total. The number of hydrogen-bond donors (Lipinski definition) is 1. The highest BCUT2D eigenvalue weighted by atomic mass is 16.5. The van der Waals surface area contributed by atoms with Gasteiger partial charge in [-0.05, 0) is 44.1 Å². The fourth-order valence-corrected chi connectivity index (χ4v) is 3.89. The third-order valence-electron chi connectivity index (χ3n) is 5.45. The third-order valence-corrected chi connectivity index (χ3v) is 5.45. The highest BCUT2D eigenvalue weighted by molar-refractivity contribution is 5.80. The van der Waals surface area contributed by atoms with Crippen LogP contribution in [0.15, 0.2) is 48.8 Å². The number of rotatable bonds is 4. The predicted octanol–water partition coefficient (Wildman–Crippen LogP) is 2.76. The van der Waals surface area contributed by atoms with Gasteiger partial charge in [-0.1, -0.05) is 18.2 Å². The Morgan fingerprint density at radius 3 is 2.67 bits per heavy atom. The number of ether oxygens (including phenoxy) is 1. The summed E-state index contributed by atoms with van der Waals surface area (Å²) in [7, 11) is 0. The molecule has 2 saturated heterocycles. The molecule has 27 heavy (non-hydrogen) atoms. The maximum absolute atomic E-state index is 6.21. The minimum Gasteiger partial charge on any atom is -0.469 e.